The molecule has 0 spiro atoms. The first-order chi connectivity index (χ1) is 18.0. The number of benzene rings is 2. The Labute approximate surface area is 219 Å². The van der Waals surface area contributed by atoms with E-state index >= 15 is 0 Å². The van der Waals surface area contributed by atoms with E-state index in [0.29, 0.717) is 28.0 Å². The van der Waals surface area contributed by atoms with Crippen LogP contribution >= 0.6 is 11.3 Å². The first-order valence-electron chi connectivity index (χ1n) is 11.9. The number of aromatic nitrogens is 3. The Morgan fingerprint density at radius 1 is 0.892 bits per heavy atom. The Morgan fingerprint density at radius 3 is 2.08 bits per heavy atom. The highest BCUT2D eigenvalue weighted by Gasteiger charge is 2.33. The van der Waals surface area contributed by atoms with Crippen molar-refractivity contribution >= 4 is 22.0 Å². The number of anilines is 1. The van der Waals surface area contributed by atoms with E-state index in [1.54, 1.807) is 28.4 Å². The predicted molar refractivity (Wildman–Crippen MR) is 142 cm³/mol. The van der Waals surface area contributed by atoms with Gasteiger partial charge in [0, 0.05) is 31.9 Å². The van der Waals surface area contributed by atoms with E-state index in [1.807, 2.05) is 31.2 Å². The van der Waals surface area contributed by atoms with Crippen LogP contribution in [0.3, 0.4) is 0 Å². The van der Waals surface area contributed by atoms with Gasteiger partial charge in [0.05, 0.1) is 39.4 Å². The Morgan fingerprint density at radius 2 is 1.54 bits per heavy atom. The minimum atomic E-state index is -0.263. The molecule has 0 amide bonds. The molecule has 1 aliphatic heterocycles. The molecule has 0 bridgehead atoms. The monoisotopic (exact) mass is 525 g/mol. The number of piperazine rings is 1. The maximum Gasteiger partial charge on any atom is 0.230 e. The van der Waals surface area contributed by atoms with E-state index in [2.05, 4.69) is 32.0 Å². The van der Waals surface area contributed by atoms with Crippen LogP contribution in [0, 0.1) is 6.92 Å². The SMILES string of the molecule is COc1ccc(N2CCN(C(c3cc(OC)c(OC)c(OC)c3)c3sc4nc(C)nn4c3O)CC2)cc1. The van der Waals surface area contributed by atoms with Gasteiger partial charge in [0.1, 0.15) is 11.6 Å². The molecule has 1 fully saturated rings. The number of rotatable bonds is 8. The van der Waals surface area contributed by atoms with Gasteiger partial charge < -0.3 is 29.0 Å². The smallest absolute Gasteiger partial charge is 0.230 e. The molecule has 1 atom stereocenters. The molecular weight excluding hydrogens is 494 g/mol. The summed E-state index contributed by atoms with van der Waals surface area (Å²) in [7, 11) is 6.47. The van der Waals surface area contributed by atoms with Crippen LogP contribution in [0.1, 0.15) is 22.3 Å². The predicted octanol–water partition coefficient (Wildman–Crippen LogP) is 3.75. The van der Waals surface area contributed by atoms with Crippen LogP contribution in [-0.2, 0) is 0 Å². The molecule has 3 heterocycles. The number of hydrogen-bond acceptors (Lipinski definition) is 10. The van der Waals surface area contributed by atoms with Crippen molar-refractivity contribution in [2.75, 3.05) is 59.5 Å². The Kier molecular flexibility index (Phi) is 6.98. The molecule has 4 aromatic rings. The van der Waals surface area contributed by atoms with E-state index in [1.165, 1.54) is 15.9 Å². The van der Waals surface area contributed by atoms with Crippen molar-refractivity contribution in [3.05, 3.63) is 52.7 Å². The van der Waals surface area contributed by atoms with E-state index in [0.717, 1.165) is 48.1 Å². The van der Waals surface area contributed by atoms with Crippen molar-refractivity contribution < 1.29 is 24.1 Å². The van der Waals surface area contributed by atoms with Crippen molar-refractivity contribution in [3.63, 3.8) is 0 Å². The van der Waals surface area contributed by atoms with Crippen molar-refractivity contribution in [2.45, 2.75) is 13.0 Å². The summed E-state index contributed by atoms with van der Waals surface area (Å²) in [6.45, 7) is 5.02. The average Bonchev–Trinajstić information content (AvgIpc) is 3.44. The zero-order valence-corrected chi connectivity index (χ0v) is 22.4. The maximum absolute atomic E-state index is 11.2. The number of ether oxygens (including phenoxy) is 4. The molecule has 1 unspecified atom stereocenters. The molecule has 2 aromatic heterocycles. The fourth-order valence-electron chi connectivity index (χ4n) is 4.84. The van der Waals surface area contributed by atoms with Gasteiger partial charge in [-0.15, -0.1) is 5.10 Å². The fourth-order valence-corrected chi connectivity index (χ4v) is 6.01. The summed E-state index contributed by atoms with van der Waals surface area (Å²) >= 11 is 1.44. The van der Waals surface area contributed by atoms with E-state index in [9.17, 15) is 5.11 Å². The van der Waals surface area contributed by atoms with Gasteiger partial charge in [-0.3, -0.25) is 4.90 Å². The van der Waals surface area contributed by atoms with Crippen molar-refractivity contribution in [1.82, 2.24) is 19.5 Å². The summed E-state index contributed by atoms with van der Waals surface area (Å²) in [5.74, 6) is 3.20. The highest BCUT2D eigenvalue weighted by Crippen LogP contribution is 2.45. The van der Waals surface area contributed by atoms with Crippen LogP contribution in [-0.4, -0.2) is 79.2 Å². The van der Waals surface area contributed by atoms with Crippen molar-refractivity contribution in [2.24, 2.45) is 0 Å². The number of fused-ring (bicyclic) bond motifs is 1. The minimum absolute atomic E-state index is 0.0944. The summed E-state index contributed by atoms with van der Waals surface area (Å²) < 4.78 is 23.6. The number of methoxy groups -OCH3 is 4. The number of aryl methyl sites for hydroxylation is 1. The van der Waals surface area contributed by atoms with Gasteiger partial charge in [0.2, 0.25) is 16.6 Å². The second kappa shape index (κ2) is 10.3. The lowest BCUT2D eigenvalue weighted by molar-refractivity contribution is 0.210. The first-order valence-corrected chi connectivity index (χ1v) is 12.8. The third kappa shape index (κ3) is 4.60. The summed E-state index contributed by atoms with van der Waals surface area (Å²) in [5.41, 5.74) is 2.07. The second-order valence-corrected chi connectivity index (χ2v) is 9.73. The summed E-state index contributed by atoms with van der Waals surface area (Å²) in [6, 6.07) is 11.8. The molecule has 37 heavy (non-hydrogen) atoms. The molecule has 0 aliphatic carbocycles. The lowest BCUT2D eigenvalue weighted by atomic mass is 10.0. The minimum Gasteiger partial charge on any atom is -0.497 e. The van der Waals surface area contributed by atoms with Gasteiger partial charge in [-0.1, -0.05) is 11.3 Å². The highest BCUT2D eigenvalue weighted by molar-refractivity contribution is 7.17. The van der Waals surface area contributed by atoms with Crippen LogP contribution < -0.4 is 23.8 Å². The van der Waals surface area contributed by atoms with Crippen LogP contribution in [0.5, 0.6) is 28.9 Å². The molecule has 0 saturated carbocycles. The van der Waals surface area contributed by atoms with Crippen LogP contribution in [0.2, 0.25) is 0 Å². The van der Waals surface area contributed by atoms with Crippen LogP contribution in [0.15, 0.2) is 36.4 Å². The van der Waals surface area contributed by atoms with Gasteiger partial charge in [-0.05, 0) is 48.9 Å². The topological polar surface area (TPSA) is 93.8 Å². The molecule has 1 saturated heterocycles. The van der Waals surface area contributed by atoms with Crippen molar-refractivity contribution in [3.8, 4) is 28.9 Å². The average molecular weight is 526 g/mol. The number of hydrogen-bond donors (Lipinski definition) is 1. The number of thiazole rings is 1. The molecule has 1 N–H and O–H groups in total. The zero-order valence-electron chi connectivity index (χ0n) is 21.6. The second-order valence-electron chi connectivity index (χ2n) is 8.73. The first kappa shape index (κ1) is 25.0. The summed E-state index contributed by atoms with van der Waals surface area (Å²) in [5, 5.41) is 15.6. The van der Waals surface area contributed by atoms with Crippen LogP contribution in [0.25, 0.3) is 4.96 Å². The molecule has 2 aromatic carbocycles. The molecular formula is C26H31N5O5S. The van der Waals surface area contributed by atoms with E-state index in [-0.39, 0.29) is 11.9 Å². The quantitative estimate of drug-likeness (QED) is 0.369. The summed E-state index contributed by atoms with van der Waals surface area (Å²) in [4.78, 5) is 10.6. The Bertz CT molecular complexity index is 1350. The van der Waals surface area contributed by atoms with Gasteiger partial charge in [-0.2, -0.15) is 4.52 Å². The number of nitrogens with zero attached hydrogens (tertiary/aromatic N) is 5. The van der Waals surface area contributed by atoms with Gasteiger partial charge >= 0.3 is 0 Å². The van der Waals surface area contributed by atoms with E-state index in [4.69, 9.17) is 18.9 Å². The number of aromatic hydroxyl groups is 1. The van der Waals surface area contributed by atoms with E-state index < -0.39 is 0 Å². The third-order valence-electron chi connectivity index (χ3n) is 6.67. The molecule has 196 valence electrons. The maximum atomic E-state index is 11.2. The lowest BCUT2D eigenvalue weighted by Crippen LogP contribution is -2.47. The molecule has 0 radical (unpaired) electrons. The third-order valence-corrected chi connectivity index (χ3v) is 7.75. The summed E-state index contributed by atoms with van der Waals surface area (Å²) in [6.07, 6.45) is 0. The Hall–Kier alpha value is -3.70. The van der Waals surface area contributed by atoms with Crippen molar-refractivity contribution in [1.29, 1.82) is 0 Å². The molecule has 1 aliphatic rings. The molecule has 11 heteroatoms. The van der Waals surface area contributed by atoms with Gasteiger partial charge in [0.15, 0.2) is 11.5 Å². The zero-order chi connectivity index (χ0) is 26.1. The fraction of sp³-hybridized carbons (Fsp3) is 0.385. The highest BCUT2D eigenvalue weighted by atomic mass is 32.1. The van der Waals surface area contributed by atoms with Crippen LogP contribution in [0.4, 0.5) is 5.69 Å². The van der Waals surface area contributed by atoms with Gasteiger partial charge in [0.25, 0.3) is 0 Å². The molecule has 5 rings (SSSR count). The molecule has 10 nitrogen and oxygen atoms in total. The lowest BCUT2D eigenvalue weighted by Gasteiger charge is -2.40. The Balaban J connectivity index is 1.52. The largest absolute Gasteiger partial charge is 0.497 e. The van der Waals surface area contributed by atoms with Gasteiger partial charge in [-0.25, -0.2) is 4.98 Å². The normalized spacial score (nSPS) is 15.1. The standard InChI is InChI=1S/C26H31N5O5S/c1-16-27-26-31(28-16)25(32)24(37-26)22(17-14-20(34-3)23(36-5)21(15-17)35-4)30-12-10-29(11-13-30)18-6-8-19(33-2)9-7-18/h6-9,14-15,22,32H,10-13H2,1-5H3.